The molecule has 27 heavy (non-hydrogen) atoms. The van der Waals surface area contributed by atoms with E-state index in [1.54, 1.807) is 0 Å². The zero-order chi connectivity index (χ0) is 18.2. The van der Waals surface area contributed by atoms with Crippen LogP contribution < -0.4 is 10.5 Å². The van der Waals surface area contributed by atoms with E-state index < -0.39 is 0 Å². The Bertz CT molecular complexity index is 1020. The van der Waals surface area contributed by atoms with Gasteiger partial charge in [-0.2, -0.15) is 4.52 Å². The lowest BCUT2D eigenvalue weighted by molar-refractivity contribution is 0.121. The molecule has 140 valence electrons. The van der Waals surface area contributed by atoms with E-state index in [2.05, 4.69) is 21.6 Å². The molecule has 1 aliphatic heterocycles. The Kier molecular flexibility index (Phi) is 4.16. The minimum absolute atomic E-state index is 0.00368. The summed E-state index contributed by atoms with van der Waals surface area (Å²) in [6.07, 6.45) is 3.84. The minimum atomic E-state index is -0.00368. The molecule has 0 spiro atoms. The molecule has 0 radical (unpaired) electrons. The molecule has 0 bridgehead atoms. The second kappa shape index (κ2) is 6.81. The number of nitrogens with zero attached hydrogens (tertiary/aromatic N) is 5. The van der Waals surface area contributed by atoms with Crippen molar-refractivity contribution in [3.05, 3.63) is 57.5 Å². The maximum Gasteiger partial charge on any atom is 0.279 e. The molecule has 0 amide bonds. The maximum atomic E-state index is 13.1. The predicted octanol–water partition coefficient (Wildman–Crippen LogP) is 1.65. The fourth-order valence-electron chi connectivity index (χ4n) is 4.03. The molecule has 1 saturated heterocycles. The average molecular weight is 365 g/mol. The minimum Gasteiger partial charge on any atom is -0.378 e. The summed E-state index contributed by atoms with van der Waals surface area (Å²) in [6.45, 7) is 3.53. The highest BCUT2D eigenvalue weighted by atomic mass is 16.5. The summed E-state index contributed by atoms with van der Waals surface area (Å²) in [5.41, 5.74) is 2.96. The summed E-state index contributed by atoms with van der Waals surface area (Å²) < 4.78 is 9.09. The summed E-state index contributed by atoms with van der Waals surface area (Å²) in [6, 6.07) is 10.3. The topological polar surface area (TPSA) is 64.7 Å². The van der Waals surface area contributed by atoms with Crippen LogP contribution in [0.5, 0.6) is 0 Å². The van der Waals surface area contributed by atoms with Gasteiger partial charge < -0.3 is 9.64 Å². The summed E-state index contributed by atoms with van der Waals surface area (Å²) in [4.78, 5) is 20.2. The summed E-state index contributed by atoms with van der Waals surface area (Å²) >= 11 is 0. The van der Waals surface area contributed by atoms with Gasteiger partial charge in [0.05, 0.1) is 25.5 Å². The molecule has 5 rings (SSSR count). The van der Waals surface area contributed by atoms with Crippen LogP contribution in [-0.2, 0) is 24.1 Å². The normalized spacial score (nSPS) is 17.3. The van der Waals surface area contributed by atoms with Gasteiger partial charge in [-0.25, -0.2) is 4.98 Å². The van der Waals surface area contributed by atoms with Crippen LogP contribution in [0.15, 0.2) is 35.1 Å². The lowest BCUT2D eigenvalue weighted by Gasteiger charge is -2.27. The zero-order valence-corrected chi connectivity index (χ0v) is 15.3. The molecule has 7 heteroatoms. The Hall–Kier alpha value is -2.67. The van der Waals surface area contributed by atoms with Gasteiger partial charge in [0.15, 0.2) is 0 Å². The van der Waals surface area contributed by atoms with E-state index in [0.29, 0.717) is 25.5 Å². The van der Waals surface area contributed by atoms with E-state index in [9.17, 15) is 4.79 Å². The quantitative estimate of drug-likeness (QED) is 0.706. The van der Waals surface area contributed by atoms with Gasteiger partial charge in [-0.3, -0.25) is 9.36 Å². The predicted molar refractivity (Wildman–Crippen MR) is 102 cm³/mol. The second-order valence-electron chi connectivity index (χ2n) is 7.23. The maximum absolute atomic E-state index is 13.1. The van der Waals surface area contributed by atoms with Gasteiger partial charge in [0, 0.05) is 18.7 Å². The Morgan fingerprint density at radius 3 is 2.63 bits per heavy atom. The number of ether oxygens (including phenoxy) is 1. The van der Waals surface area contributed by atoms with Crippen molar-refractivity contribution in [1.82, 2.24) is 19.2 Å². The van der Waals surface area contributed by atoms with Crippen molar-refractivity contribution >= 4 is 11.7 Å². The first-order chi connectivity index (χ1) is 13.3. The number of aromatic nitrogens is 4. The third-order valence-electron chi connectivity index (χ3n) is 5.46. The Labute approximate surface area is 157 Å². The third-order valence-corrected chi connectivity index (χ3v) is 5.46. The van der Waals surface area contributed by atoms with Crippen LogP contribution in [0.4, 0.5) is 5.95 Å². The molecule has 2 aromatic heterocycles. The smallest absolute Gasteiger partial charge is 0.279 e. The third kappa shape index (κ3) is 2.92. The first-order valence-electron chi connectivity index (χ1n) is 9.69. The summed E-state index contributed by atoms with van der Waals surface area (Å²) in [7, 11) is 0. The number of hydrogen-bond donors (Lipinski definition) is 0. The average Bonchev–Trinajstić information content (AvgIpc) is 3.08. The number of benzene rings is 1. The van der Waals surface area contributed by atoms with Crippen LogP contribution in [0, 0.1) is 0 Å². The molecule has 1 aliphatic carbocycles. The highest BCUT2D eigenvalue weighted by Gasteiger charge is 2.24. The van der Waals surface area contributed by atoms with Crippen molar-refractivity contribution in [1.29, 1.82) is 0 Å². The number of fused-ring (bicyclic) bond motifs is 2. The molecular formula is C20H23N5O2. The van der Waals surface area contributed by atoms with Crippen LogP contribution in [0.2, 0.25) is 0 Å². The van der Waals surface area contributed by atoms with Crippen LogP contribution in [0.25, 0.3) is 5.78 Å². The van der Waals surface area contributed by atoms with E-state index in [1.807, 2.05) is 18.2 Å². The number of hydrogen-bond acceptors (Lipinski definition) is 5. The lowest BCUT2D eigenvalue weighted by Crippen LogP contribution is -2.38. The Morgan fingerprint density at radius 2 is 1.81 bits per heavy atom. The van der Waals surface area contributed by atoms with Gasteiger partial charge in [0.25, 0.3) is 5.56 Å². The molecule has 2 aliphatic rings. The van der Waals surface area contributed by atoms with E-state index in [1.165, 1.54) is 10.1 Å². The summed E-state index contributed by atoms with van der Waals surface area (Å²) in [5.74, 6) is 1.44. The SMILES string of the molecule is O=c1c2c(nc3n(Cc4ccccc4)c(N4CCOCC4)nn13)CCCC2. The fourth-order valence-corrected chi connectivity index (χ4v) is 4.03. The van der Waals surface area contributed by atoms with Crippen molar-refractivity contribution in [2.75, 3.05) is 31.2 Å². The van der Waals surface area contributed by atoms with Gasteiger partial charge in [-0.05, 0) is 31.2 Å². The molecule has 7 nitrogen and oxygen atoms in total. The Morgan fingerprint density at radius 1 is 1.04 bits per heavy atom. The largest absolute Gasteiger partial charge is 0.378 e. The van der Waals surface area contributed by atoms with Crippen LogP contribution in [-0.4, -0.2) is 45.5 Å². The standard InChI is InChI=1S/C20H23N5O2/c26-18-16-8-4-5-9-17(16)21-19-24(14-15-6-2-1-3-7-15)20(22-25(18)19)23-10-12-27-13-11-23/h1-3,6-7H,4-5,8-14H2. The van der Waals surface area contributed by atoms with Gasteiger partial charge in [-0.15, -0.1) is 5.10 Å². The van der Waals surface area contributed by atoms with Crippen molar-refractivity contribution in [2.24, 2.45) is 0 Å². The molecule has 1 aromatic carbocycles. The number of aryl methyl sites for hydroxylation is 1. The second-order valence-corrected chi connectivity index (χ2v) is 7.23. The van der Waals surface area contributed by atoms with E-state index >= 15 is 0 Å². The van der Waals surface area contributed by atoms with Crippen LogP contribution in [0.3, 0.4) is 0 Å². The van der Waals surface area contributed by atoms with E-state index in [0.717, 1.165) is 56.0 Å². The summed E-state index contributed by atoms with van der Waals surface area (Å²) in [5, 5.41) is 4.72. The van der Waals surface area contributed by atoms with Crippen LogP contribution in [0.1, 0.15) is 29.7 Å². The molecule has 1 fully saturated rings. The first kappa shape index (κ1) is 16.5. The number of morpholine rings is 1. The molecule has 0 unspecified atom stereocenters. The van der Waals surface area contributed by atoms with Crippen LogP contribution >= 0.6 is 0 Å². The highest BCUT2D eigenvalue weighted by Crippen LogP contribution is 2.22. The van der Waals surface area contributed by atoms with Gasteiger partial charge >= 0.3 is 0 Å². The molecule has 3 heterocycles. The monoisotopic (exact) mass is 365 g/mol. The molecule has 0 N–H and O–H groups in total. The van der Waals surface area contributed by atoms with E-state index in [-0.39, 0.29) is 5.56 Å². The van der Waals surface area contributed by atoms with E-state index in [4.69, 9.17) is 14.8 Å². The highest BCUT2D eigenvalue weighted by molar-refractivity contribution is 5.45. The van der Waals surface area contributed by atoms with Crippen molar-refractivity contribution < 1.29 is 4.74 Å². The first-order valence-corrected chi connectivity index (χ1v) is 9.69. The zero-order valence-electron chi connectivity index (χ0n) is 15.3. The van der Waals surface area contributed by atoms with Gasteiger partial charge in [0.1, 0.15) is 0 Å². The fraction of sp³-hybridized carbons (Fsp3) is 0.450. The molecule has 0 atom stereocenters. The number of anilines is 1. The number of rotatable bonds is 3. The van der Waals surface area contributed by atoms with Crippen molar-refractivity contribution in [2.45, 2.75) is 32.2 Å². The molecular weight excluding hydrogens is 342 g/mol. The lowest BCUT2D eigenvalue weighted by atomic mass is 9.97. The molecule has 3 aromatic rings. The van der Waals surface area contributed by atoms with Crippen molar-refractivity contribution in [3.8, 4) is 0 Å². The molecule has 0 saturated carbocycles. The van der Waals surface area contributed by atoms with Gasteiger partial charge in [0.2, 0.25) is 11.7 Å². The van der Waals surface area contributed by atoms with Gasteiger partial charge in [-0.1, -0.05) is 30.3 Å². The Balaban J connectivity index is 1.70. The van der Waals surface area contributed by atoms with Crippen molar-refractivity contribution in [3.63, 3.8) is 0 Å².